The molecule has 15 heavy (non-hydrogen) atoms. The van der Waals surface area contributed by atoms with Crippen molar-refractivity contribution in [3.63, 3.8) is 0 Å². The predicted molar refractivity (Wildman–Crippen MR) is 58.5 cm³/mol. The Morgan fingerprint density at radius 3 is 2.47 bits per heavy atom. The van der Waals surface area contributed by atoms with Crippen molar-refractivity contribution in [3.8, 4) is 0 Å². The Bertz CT molecular complexity index is 228. The molecular formula is C12H21NO2. The molecule has 1 aliphatic heterocycles. The molecule has 3 heteroatoms. The summed E-state index contributed by atoms with van der Waals surface area (Å²) >= 11 is 0. The number of carbonyl (C=O) groups is 1. The molecule has 2 aliphatic rings. The SMILES string of the molecule is CC(C)OC(=O)CN1CC2CCCC2C1. The summed E-state index contributed by atoms with van der Waals surface area (Å²) < 4.78 is 5.15. The second kappa shape index (κ2) is 4.52. The number of esters is 1. The van der Waals surface area contributed by atoms with E-state index in [2.05, 4.69) is 4.90 Å². The topological polar surface area (TPSA) is 29.5 Å². The minimum Gasteiger partial charge on any atom is -0.462 e. The van der Waals surface area contributed by atoms with Crippen molar-refractivity contribution >= 4 is 5.97 Å². The van der Waals surface area contributed by atoms with Gasteiger partial charge < -0.3 is 4.74 Å². The molecule has 0 amide bonds. The first-order valence-corrected chi connectivity index (χ1v) is 6.07. The molecule has 0 aromatic rings. The van der Waals surface area contributed by atoms with Gasteiger partial charge in [-0.25, -0.2) is 0 Å². The molecule has 3 nitrogen and oxygen atoms in total. The molecule has 0 N–H and O–H groups in total. The number of hydrogen-bond acceptors (Lipinski definition) is 3. The van der Waals surface area contributed by atoms with Crippen LogP contribution in [0.25, 0.3) is 0 Å². The molecular weight excluding hydrogens is 190 g/mol. The van der Waals surface area contributed by atoms with E-state index in [-0.39, 0.29) is 12.1 Å². The van der Waals surface area contributed by atoms with Gasteiger partial charge in [0.25, 0.3) is 0 Å². The van der Waals surface area contributed by atoms with E-state index in [1.807, 2.05) is 13.8 Å². The highest BCUT2D eigenvalue weighted by Gasteiger charge is 2.36. The lowest BCUT2D eigenvalue weighted by Crippen LogP contribution is -2.30. The van der Waals surface area contributed by atoms with Gasteiger partial charge in [0, 0.05) is 13.1 Å². The van der Waals surface area contributed by atoms with Crippen molar-refractivity contribution < 1.29 is 9.53 Å². The average molecular weight is 211 g/mol. The molecule has 86 valence electrons. The van der Waals surface area contributed by atoms with Crippen LogP contribution in [0.2, 0.25) is 0 Å². The van der Waals surface area contributed by atoms with Crippen LogP contribution in [-0.4, -0.2) is 36.6 Å². The van der Waals surface area contributed by atoms with E-state index in [0.717, 1.165) is 24.9 Å². The Morgan fingerprint density at radius 2 is 1.93 bits per heavy atom. The number of carbonyl (C=O) groups excluding carboxylic acids is 1. The molecule has 2 unspecified atom stereocenters. The molecule has 1 saturated carbocycles. The van der Waals surface area contributed by atoms with Gasteiger partial charge in [0.05, 0.1) is 12.6 Å². The zero-order valence-electron chi connectivity index (χ0n) is 9.74. The summed E-state index contributed by atoms with van der Waals surface area (Å²) in [5.41, 5.74) is 0. The molecule has 1 aliphatic carbocycles. The van der Waals surface area contributed by atoms with Crippen LogP contribution in [0.15, 0.2) is 0 Å². The fourth-order valence-electron chi connectivity index (χ4n) is 2.94. The Hall–Kier alpha value is -0.570. The van der Waals surface area contributed by atoms with Crippen LogP contribution >= 0.6 is 0 Å². The van der Waals surface area contributed by atoms with Crippen LogP contribution in [0.1, 0.15) is 33.1 Å². The number of ether oxygens (including phenoxy) is 1. The van der Waals surface area contributed by atoms with Gasteiger partial charge in [0.2, 0.25) is 0 Å². The van der Waals surface area contributed by atoms with Gasteiger partial charge in [-0.15, -0.1) is 0 Å². The summed E-state index contributed by atoms with van der Waals surface area (Å²) in [4.78, 5) is 13.7. The molecule has 1 saturated heterocycles. The summed E-state index contributed by atoms with van der Waals surface area (Å²) in [5.74, 6) is 1.65. The van der Waals surface area contributed by atoms with E-state index < -0.39 is 0 Å². The summed E-state index contributed by atoms with van der Waals surface area (Å²) in [6, 6.07) is 0. The monoisotopic (exact) mass is 211 g/mol. The maximum absolute atomic E-state index is 11.5. The molecule has 0 aromatic carbocycles. The first-order valence-electron chi connectivity index (χ1n) is 6.07. The highest BCUT2D eigenvalue weighted by molar-refractivity contribution is 5.71. The van der Waals surface area contributed by atoms with Crippen molar-refractivity contribution in [3.05, 3.63) is 0 Å². The van der Waals surface area contributed by atoms with Gasteiger partial charge in [-0.05, 0) is 38.5 Å². The van der Waals surface area contributed by atoms with Gasteiger partial charge in [-0.1, -0.05) is 6.42 Å². The number of hydrogen-bond donors (Lipinski definition) is 0. The zero-order chi connectivity index (χ0) is 10.8. The van der Waals surface area contributed by atoms with Crippen LogP contribution in [0.4, 0.5) is 0 Å². The van der Waals surface area contributed by atoms with E-state index in [4.69, 9.17) is 4.74 Å². The second-order valence-corrected chi connectivity index (χ2v) is 5.18. The normalized spacial score (nSPS) is 30.9. The standard InChI is InChI=1S/C12H21NO2/c1-9(2)15-12(14)8-13-6-10-4-3-5-11(10)7-13/h9-11H,3-8H2,1-2H3. The second-order valence-electron chi connectivity index (χ2n) is 5.18. The third-order valence-electron chi connectivity index (χ3n) is 3.52. The third-order valence-corrected chi connectivity index (χ3v) is 3.52. The van der Waals surface area contributed by atoms with E-state index >= 15 is 0 Å². The van der Waals surface area contributed by atoms with Crippen LogP contribution < -0.4 is 0 Å². The lowest BCUT2D eigenvalue weighted by Gasteiger charge is -2.16. The Morgan fingerprint density at radius 1 is 1.33 bits per heavy atom. The Balaban J connectivity index is 1.75. The van der Waals surface area contributed by atoms with Crippen molar-refractivity contribution in [1.82, 2.24) is 4.90 Å². The van der Waals surface area contributed by atoms with Crippen molar-refractivity contribution in [2.24, 2.45) is 11.8 Å². The fraction of sp³-hybridized carbons (Fsp3) is 0.917. The fourth-order valence-corrected chi connectivity index (χ4v) is 2.94. The molecule has 1 heterocycles. The Kier molecular flexibility index (Phi) is 3.29. The molecule has 0 spiro atoms. The van der Waals surface area contributed by atoms with Gasteiger partial charge in [-0.2, -0.15) is 0 Å². The van der Waals surface area contributed by atoms with Crippen molar-refractivity contribution in [2.75, 3.05) is 19.6 Å². The summed E-state index contributed by atoms with van der Waals surface area (Å²) in [6.07, 6.45) is 4.13. The minimum atomic E-state index is -0.0648. The minimum absolute atomic E-state index is 0.0135. The van der Waals surface area contributed by atoms with Gasteiger partial charge in [0.1, 0.15) is 0 Å². The van der Waals surface area contributed by atoms with E-state index in [9.17, 15) is 4.79 Å². The largest absolute Gasteiger partial charge is 0.462 e. The molecule has 0 bridgehead atoms. The Labute approximate surface area is 91.8 Å². The third kappa shape index (κ3) is 2.71. The predicted octanol–water partition coefficient (Wildman–Crippen LogP) is 1.67. The van der Waals surface area contributed by atoms with Crippen LogP contribution in [0.3, 0.4) is 0 Å². The number of fused-ring (bicyclic) bond motifs is 1. The molecule has 0 radical (unpaired) electrons. The summed E-state index contributed by atoms with van der Waals surface area (Å²) in [7, 11) is 0. The van der Waals surface area contributed by atoms with Crippen LogP contribution in [-0.2, 0) is 9.53 Å². The molecule has 2 rings (SSSR count). The lowest BCUT2D eigenvalue weighted by molar-refractivity contribution is -0.148. The van der Waals surface area contributed by atoms with Crippen molar-refractivity contribution in [2.45, 2.75) is 39.2 Å². The quantitative estimate of drug-likeness (QED) is 0.665. The van der Waals surface area contributed by atoms with Crippen LogP contribution in [0.5, 0.6) is 0 Å². The first kappa shape index (κ1) is 10.9. The number of nitrogens with zero attached hydrogens (tertiary/aromatic N) is 1. The zero-order valence-corrected chi connectivity index (χ0v) is 9.74. The maximum Gasteiger partial charge on any atom is 0.320 e. The number of rotatable bonds is 3. The molecule has 2 atom stereocenters. The highest BCUT2D eigenvalue weighted by atomic mass is 16.5. The number of likely N-dealkylation sites (tertiary alicyclic amines) is 1. The summed E-state index contributed by atoms with van der Waals surface area (Å²) in [5, 5.41) is 0. The molecule has 2 fully saturated rings. The van der Waals surface area contributed by atoms with Gasteiger partial charge in [-0.3, -0.25) is 9.69 Å². The lowest BCUT2D eigenvalue weighted by atomic mass is 10.0. The first-order chi connectivity index (χ1) is 7.15. The van der Waals surface area contributed by atoms with Crippen molar-refractivity contribution in [1.29, 1.82) is 0 Å². The highest BCUT2D eigenvalue weighted by Crippen LogP contribution is 2.37. The average Bonchev–Trinajstić information content (AvgIpc) is 2.60. The van der Waals surface area contributed by atoms with E-state index in [0.29, 0.717) is 6.54 Å². The summed E-state index contributed by atoms with van der Waals surface area (Å²) in [6.45, 7) is 6.51. The van der Waals surface area contributed by atoms with E-state index in [1.165, 1.54) is 19.3 Å². The van der Waals surface area contributed by atoms with E-state index in [1.54, 1.807) is 0 Å². The molecule has 0 aromatic heterocycles. The maximum atomic E-state index is 11.5. The van der Waals surface area contributed by atoms with Gasteiger partial charge in [0.15, 0.2) is 0 Å². The smallest absolute Gasteiger partial charge is 0.320 e. The van der Waals surface area contributed by atoms with Crippen LogP contribution in [0, 0.1) is 11.8 Å². The van der Waals surface area contributed by atoms with Gasteiger partial charge >= 0.3 is 5.97 Å².